The second-order valence-electron chi connectivity index (χ2n) is 6.28. The van der Waals surface area contributed by atoms with Crippen molar-refractivity contribution >= 4 is 23.5 Å². The highest BCUT2D eigenvalue weighted by atomic mass is 35.5. The van der Waals surface area contributed by atoms with Crippen LogP contribution in [0.5, 0.6) is 5.75 Å². The van der Waals surface area contributed by atoms with Crippen molar-refractivity contribution in [1.29, 1.82) is 0 Å². The molecular formula is C18H24ClNO4. The van der Waals surface area contributed by atoms with E-state index in [-0.39, 0.29) is 18.6 Å². The van der Waals surface area contributed by atoms with Gasteiger partial charge in [0.2, 0.25) is 0 Å². The molecule has 1 N–H and O–H groups in total. The maximum absolute atomic E-state index is 12.0. The third-order valence-electron chi connectivity index (χ3n) is 4.14. The van der Waals surface area contributed by atoms with Gasteiger partial charge in [-0.1, -0.05) is 24.4 Å². The van der Waals surface area contributed by atoms with Crippen molar-refractivity contribution in [2.24, 2.45) is 0 Å². The predicted molar refractivity (Wildman–Crippen MR) is 92.4 cm³/mol. The molecule has 0 radical (unpaired) electrons. The molecule has 1 aliphatic carbocycles. The van der Waals surface area contributed by atoms with Crippen molar-refractivity contribution in [3.63, 3.8) is 0 Å². The van der Waals surface area contributed by atoms with Crippen LogP contribution in [0.2, 0.25) is 5.02 Å². The molecule has 2 rings (SSSR count). The number of benzene rings is 1. The number of amides is 1. The Kier molecular flexibility index (Phi) is 6.49. The summed E-state index contributed by atoms with van der Waals surface area (Å²) in [6, 6.07) is 3.74. The maximum Gasteiger partial charge on any atom is 0.344 e. The molecule has 24 heavy (non-hydrogen) atoms. The highest BCUT2D eigenvalue weighted by Gasteiger charge is 2.23. The number of esters is 1. The van der Waals surface area contributed by atoms with Crippen LogP contribution >= 0.6 is 11.6 Å². The van der Waals surface area contributed by atoms with Crippen LogP contribution in [0.3, 0.4) is 0 Å². The molecule has 5 nitrogen and oxygen atoms in total. The van der Waals surface area contributed by atoms with Gasteiger partial charge in [0.15, 0.2) is 12.7 Å². The van der Waals surface area contributed by atoms with E-state index in [9.17, 15) is 9.59 Å². The summed E-state index contributed by atoms with van der Waals surface area (Å²) in [4.78, 5) is 23.9. The first-order valence-electron chi connectivity index (χ1n) is 8.26. The number of hydrogen-bond donors (Lipinski definition) is 1. The average molecular weight is 354 g/mol. The van der Waals surface area contributed by atoms with Gasteiger partial charge in [0.1, 0.15) is 5.75 Å². The Morgan fingerprint density at radius 2 is 1.83 bits per heavy atom. The zero-order chi connectivity index (χ0) is 17.7. The Bertz CT molecular complexity index is 588. The van der Waals surface area contributed by atoms with Crippen molar-refractivity contribution in [2.75, 3.05) is 6.61 Å². The second-order valence-corrected chi connectivity index (χ2v) is 6.72. The van der Waals surface area contributed by atoms with Crippen LogP contribution in [-0.4, -0.2) is 30.6 Å². The van der Waals surface area contributed by atoms with Gasteiger partial charge in [-0.3, -0.25) is 4.79 Å². The smallest absolute Gasteiger partial charge is 0.344 e. The Morgan fingerprint density at radius 3 is 2.42 bits per heavy atom. The molecule has 1 atom stereocenters. The molecular weight excluding hydrogens is 330 g/mol. The van der Waals surface area contributed by atoms with E-state index >= 15 is 0 Å². The van der Waals surface area contributed by atoms with Gasteiger partial charge in [-0.2, -0.15) is 0 Å². The Labute approximate surface area is 147 Å². The SMILES string of the molecule is Cc1cc(Cl)cc(C)c1OCC(=O)O[C@@H](C)C(=O)NC1CCCC1. The number of carbonyl (C=O) groups is 2. The first kappa shape index (κ1) is 18.6. The lowest BCUT2D eigenvalue weighted by atomic mass is 10.1. The van der Waals surface area contributed by atoms with Gasteiger partial charge in [0.05, 0.1) is 0 Å². The zero-order valence-corrected chi connectivity index (χ0v) is 15.1. The van der Waals surface area contributed by atoms with E-state index in [2.05, 4.69) is 5.32 Å². The molecule has 1 aromatic rings. The zero-order valence-electron chi connectivity index (χ0n) is 14.4. The van der Waals surface area contributed by atoms with Crippen molar-refractivity contribution in [3.05, 3.63) is 28.3 Å². The minimum atomic E-state index is -0.825. The molecule has 0 aromatic heterocycles. The third-order valence-corrected chi connectivity index (χ3v) is 4.36. The lowest BCUT2D eigenvalue weighted by molar-refractivity contribution is -0.156. The van der Waals surface area contributed by atoms with E-state index in [4.69, 9.17) is 21.1 Å². The topological polar surface area (TPSA) is 64.6 Å². The maximum atomic E-state index is 12.0. The van der Waals surface area contributed by atoms with Crippen LogP contribution in [0, 0.1) is 13.8 Å². The minimum absolute atomic E-state index is 0.203. The summed E-state index contributed by atoms with van der Waals surface area (Å²) in [5.74, 6) is -0.216. The van der Waals surface area contributed by atoms with Gasteiger partial charge in [0.25, 0.3) is 5.91 Å². The molecule has 1 aromatic carbocycles. The fourth-order valence-electron chi connectivity index (χ4n) is 2.93. The molecule has 1 aliphatic rings. The number of aryl methyl sites for hydroxylation is 2. The second kappa shape index (κ2) is 8.38. The predicted octanol–water partition coefficient (Wildman–Crippen LogP) is 3.33. The summed E-state index contributed by atoms with van der Waals surface area (Å²) in [5, 5.41) is 3.53. The van der Waals surface area contributed by atoms with Crippen LogP contribution in [0.1, 0.15) is 43.7 Å². The first-order chi connectivity index (χ1) is 11.4. The van der Waals surface area contributed by atoms with E-state index < -0.39 is 12.1 Å². The highest BCUT2D eigenvalue weighted by molar-refractivity contribution is 6.30. The lowest BCUT2D eigenvalue weighted by Crippen LogP contribution is -2.41. The largest absolute Gasteiger partial charge is 0.481 e. The van der Waals surface area contributed by atoms with Crippen LogP contribution in [0.25, 0.3) is 0 Å². The van der Waals surface area contributed by atoms with Gasteiger partial charge in [-0.05, 0) is 56.9 Å². The standard InChI is InChI=1S/C18H24ClNO4/c1-11-8-14(19)9-12(2)17(11)23-10-16(21)24-13(3)18(22)20-15-6-4-5-7-15/h8-9,13,15H,4-7,10H2,1-3H3,(H,20,22)/t13-/m0/s1. The van der Waals surface area contributed by atoms with Gasteiger partial charge >= 0.3 is 5.97 Å². The van der Waals surface area contributed by atoms with Gasteiger partial charge < -0.3 is 14.8 Å². The number of carbonyl (C=O) groups excluding carboxylic acids is 2. The molecule has 6 heteroatoms. The molecule has 0 unspecified atom stereocenters. The van der Waals surface area contributed by atoms with E-state index in [1.165, 1.54) is 0 Å². The van der Waals surface area contributed by atoms with Crippen LogP contribution in [0.4, 0.5) is 0 Å². The van der Waals surface area contributed by atoms with E-state index in [1.807, 2.05) is 13.8 Å². The minimum Gasteiger partial charge on any atom is -0.481 e. The number of halogens is 1. The number of nitrogens with one attached hydrogen (secondary N) is 1. The molecule has 1 amide bonds. The number of ether oxygens (including phenoxy) is 2. The molecule has 132 valence electrons. The lowest BCUT2D eigenvalue weighted by Gasteiger charge is -2.17. The first-order valence-corrected chi connectivity index (χ1v) is 8.64. The highest BCUT2D eigenvalue weighted by Crippen LogP contribution is 2.27. The van der Waals surface area contributed by atoms with Crippen molar-refractivity contribution < 1.29 is 19.1 Å². The molecule has 0 spiro atoms. The fraction of sp³-hybridized carbons (Fsp3) is 0.556. The molecule has 1 fully saturated rings. The van der Waals surface area contributed by atoms with Crippen molar-refractivity contribution in [3.8, 4) is 5.75 Å². The van der Waals surface area contributed by atoms with Gasteiger partial charge in [0, 0.05) is 11.1 Å². The molecule has 0 heterocycles. The molecule has 0 saturated heterocycles. The Hall–Kier alpha value is -1.75. The van der Waals surface area contributed by atoms with Crippen molar-refractivity contribution in [1.82, 2.24) is 5.32 Å². The Morgan fingerprint density at radius 1 is 1.25 bits per heavy atom. The van der Waals surface area contributed by atoms with E-state index in [1.54, 1.807) is 19.1 Å². The number of rotatable bonds is 6. The van der Waals surface area contributed by atoms with E-state index in [0.717, 1.165) is 36.8 Å². The summed E-state index contributed by atoms with van der Waals surface area (Å²) in [6.45, 7) is 5.04. The summed E-state index contributed by atoms with van der Waals surface area (Å²) in [7, 11) is 0. The number of hydrogen-bond acceptors (Lipinski definition) is 4. The summed E-state index contributed by atoms with van der Waals surface area (Å²) in [6.07, 6.45) is 3.42. The summed E-state index contributed by atoms with van der Waals surface area (Å²) < 4.78 is 10.7. The fourth-order valence-corrected chi connectivity index (χ4v) is 3.26. The molecule has 0 bridgehead atoms. The van der Waals surface area contributed by atoms with E-state index in [0.29, 0.717) is 10.8 Å². The molecule has 0 aliphatic heterocycles. The normalized spacial score (nSPS) is 15.8. The summed E-state index contributed by atoms with van der Waals surface area (Å²) >= 11 is 5.97. The van der Waals surface area contributed by atoms with Crippen LogP contribution < -0.4 is 10.1 Å². The summed E-state index contributed by atoms with van der Waals surface area (Å²) in [5.41, 5.74) is 1.69. The quantitative estimate of drug-likeness (QED) is 0.797. The van der Waals surface area contributed by atoms with Crippen molar-refractivity contribution in [2.45, 2.75) is 58.6 Å². The van der Waals surface area contributed by atoms with Gasteiger partial charge in [-0.25, -0.2) is 4.79 Å². The third kappa shape index (κ3) is 5.13. The average Bonchev–Trinajstić information content (AvgIpc) is 2.98. The van der Waals surface area contributed by atoms with Crippen LogP contribution in [-0.2, 0) is 14.3 Å². The Balaban J connectivity index is 1.81. The molecule has 1 saturated carbocycles. The van der Waals surface area contributed by atoms with Gasteiger partial charge in [-0.15, -0.1) is 0 Å². The monoisotopic (exact) mass is 353 g/mol. The van der Waals surface area contributed by atoms with Crippen LogP contribution in [0.15, 0.2) is 12.1 Å².